The zero-order valence-corrected chi connectivity index (χ0v) is 18.3. The van der Waals surface area contributed by atoms with Gasteiger partial charge in [-0.3, -0.25) is 5.10 Å². The van der Waals surface area contributed by atoms with E-state index in [1.165, 1.54) is 5.69 Å². The second-order valence-corrected chi connectivity index (χ2v) is 8.49. The Morgan fingerprint density at radius 1 is 1.19 bits per heavy atom. The molecule has 1 aliphatic heterocycles. The van der Waals surface area contributed by atoms with Gasteiger partial charge in [-0.2, -0.15) is 5.10 Å². The van der Waals surface area contributed by atoms with Gasteiger partial charge < -0.3 is 24.3 Å². The van der Waals surface area contributed by atoms with Crippen molar-refractivity contribution in [3.63, 3.8) is 0 Å². The monoisotopic (exact) mass is 420 g/mol. The van der Waals surface area contributed by atoms with Gasteiger partial charge in [-0.1, -0.05) is 0 Å². The number of anilines is 1. The Balaban J connectivity index is 1.47. The molecule has 2 N–H and O–H groups in total. The Hall–Kier alpha value is -3.10. The predicted molar refractivity (Wildman–Crippen MR) is 123 cm³/mol. The van der Waals surface area contributed by atoms with Crippen molar-refractivity contribution >= 4 is 27.6 Å². The molecule has 2 aromatic heterocycles. The SMILES string of the molecule is COc1ccc2c(-c3nc4ccc(N5CC(CN(C)C)OCC5C)cc4[nH]3)n[nH]c2c1. The second-order valence-electron chi connectivity index (χ2n) is 8.49. The Kier molecular flexibility index (Phi) is 5.03. The van der Waals surface area contributed by atoms with Gasteiger partial charge in [0.2, 0.25) is 0 Å². The molecule has 0 spiro atoms. The standard InChI is InChI=1S/C23H28N6O2/c1-14-13-31-17(11-28(2)3)12-29(14)15-5-8-19-21(9-15)25-23(24-19)22-18-7-6-16(30-4)10-20(18)26-27-22/h5-10,14,17H,11-13H2,1-4H3,(H,24,25)(H,26,27). The van der Waals surface area contributed by atoms with E-state index in [-0.39, 0.29) is 6.10 Å². The van der Waals surface area contributed by atoms with Gasteiger partial charge in [-0.15, -0.1) is 0 Å². The number of fused-ring (bicyclic) bond motifs is 2. The fourth-order valence-corrected chi connectivity index (χ4v) is 4.29. The minimum atomic E-state index is 0.201. The zero-order chi connectivity index (χ0) is 21.5. The smallest absolute Gasteiger partial charge is 0.159 e. The van der Waals surface area contributed by atoms with Gasteiger partial charge >= 0.3 is 0 Å². The number of H-pyrrole nitrogens is 2. The molecular formula is C23H28N6O2. The average Bonchev–Trinajstić information content (AvgIpc) is 3.37. The maximum Gasteiger partial charge on any atom is 0.159 e. The number of methoxy groups -OCH3 is 1. The number of nitrogens with one attached hydrogen (secondary N) is 2. The summed E-state index contributed by atoms with van der Waals surface area (Å²) in [6.07, 6.45) is 0.201. The molecule has 8 nitrogen and oxygen atoms in total. The molecule has 2 unspecified atom stereocenters. The number of imidazole rings is 1. The van der Waals surface area contributed by atoms with Gasteiger partial charge in [0.1, 0.15) is 11.4 Å². The molecule has 1 aliphatic rings. The molecule has 2 aromatic carbocycles. The molecular weight excluding hydrogens is 392 g/mol. The van der Waals surface area contributed by atoms with Crippen molar-refractivity contribution in [3.05, 3.63) is 36.4 Å². The number of benzene rings is 2. The number of hydrogen-bond donors (Lipinski definition) is 2. The van der Waals surface area contributed by atoms with Crippen molar-refractivity contribution in [1.29, 1.82) is 0 Å². The highest BCUT2D eigenvalue weighted by Crippen LogP contribution is 2.30. The van der Waals surface area contributed by atoms with Gasteiger partial charge in [0.25, 0.3) is 0 Å². The molecule has 1 fully saturated rings. The number of hydrogen-bond acceptors (Lipinski definition) is 6. The normalized spacial score (nSPS) is 19.6. The van der Waals surface area contributed by atoms with Gasteiger partial charge in [0.05, 0.1) is 36.4 Å². The molecule has 5 rings (SSSR count). The van der Waals surface area contributed by atoms with Crippen LogP contribution in [0.3, 0.4) is 0 Å². The summed E-state index contributed by atoms with van der Waals surface area (Å²) in [7, 11) is 5.82. The first-order chi connectivity index (χ1) is 15.0. The van der Waals surface area contributed by atoms with Gasteiger partial charge in [-0.25, -0.2) is 4.98 Å². The third-order valence-corrected chi connectivity index (χ3v) is 5.87. The quantitative estimate of drug-likeness (QED) is 0.516. The van der Waals surface area contributed by atoms with Crippen LogP contribution in [0.25, 0.3) is 33.5 Å². The summed E-state index contributed by atoms with van der Waals surface area (Å²) in [5.74, 6) is 1.55. The van der Waals surface area contributed by atoms with Crippen molar-refractivity contribution in [3.8, 4) is 17.3 Å². The number of aromatic amines is 2. The third kappa shape index (κ3) is 3.73. The van der Waals surface area contributed by atoms with E-state index < -0.39 is 0 Å². The van der Waals surface area contributed by atoms with Crippen LogP contribution < -0.4 is 9.64 Å². The molecule has 0 amide bonds. The Morgan fingerprint density at radius 3 is 2.87 bits per heavy atom. The summed E-state index contributed by atoms with van der Waals surface area (Å²) >= 11 is 0. The number of rotatable bonds is 5. The van der Waals surface area contributed by atoms with E-state index in [1.807, 2.05) is 18.2 Å². The third-order valence-electron chi connectivity index (χ3n) is 5.87. The van der Waals surface area contributed by atoms with Crippen molar-refractivity contribution in [1.82, 2.24) is 25.1 Å². The lowest BCUT2D eigenvalue weighted by molar-refractivity contribution is 0.00880. The second kappa shape index (κ2) is 7.86. The summed E-state index contributed by atoms with van der Waals surface area (Å²) in [4.78, 5) is 12.9. The van der Waals surface area contributed by atoms with Crippen molar-refractivity contribution in [2.45, 2.75) is 19.1 Å². The van der Waals surface area contributed by atoms with Crippen LogP contribution in [-0.4, -0.2) is 78.1 Å². The van der Waals surface area contributed by atoms with Gasteiger partial charge in [0, 0.05) is 36.3 Å². The van der Waals surface area contributed by atoms with E-state index in [1.54, 1.807) is 7.11 Å². The largest absolute Gasteiger partial charge is 0.497 e. The van der Waals surface area contributed by atoms with E-state index >= 15 is 0 Å². The summed E-state index contributed by atoms with van der Waals surface area (Å²) in [6.45, 7) is 4.72. The van der Waals surface area contributed by atoms with E-state index in [0.717, 1.165) is 58.9 Å². The molecule has 4 aromatic rings. The minimum absolute atomic E-state index is 0.201. The van der Waals surface area contributed by atoms with Crippen molar-refractivity contribution in [2.24, 2.45) is 0 Å². The maximum atomic E-state index is 6.03. The molecule has 162 valence electrons. The topological polar surface area (TPSA) is 82.3 Å². The van der Waals surface area contributed by atoms with Crippen LogP contribution in [0.2, 0.25) is 0 Å². The highest BCUT2D eigenvalue weighted by atomic mass is 16.5. The fraction of sp³-hybridized carbons (Fsp3) is 0.391. The molecule has 0 bridgehead atoms. The summed E-state index contributed by atoms with van der Waals surface area (Å²) in [5.41, 5.74) is 4.83. The van der Waals surface area contributed by atoms with Crippen LogP contribution in [0.4, 0.5) is 5.69 Å². The van der Waals surface area contributed by atoms with Crippen LogP contribution in [0.15, 0.2) is 36.4 Å². The minimum Gasteiger partial charge on any atom is -0.497 e. The fourth-order valence-electron chi connectivity index (χ4n) is 4.29. The average molecular weight is 421 g/mol. The van der Waals surface area contributed by atoms with Crippen LogP contribution in [0.1, 0.15) is 6.92 Å². The van der Waals surface area contributed by atoms with Crippen LogP contribution in [0, 0.1) is 0 Å². The molecule has 2 atom stereocenters. The van der Waals surface area contributed by atoms with Crippen LogP contribution >= 0.6 is 0 Å². The Morgan fingerprint density at radius 2 is 2.06 bits per heavy atom. The first kappa shape index (κ1) is 19.8. The van der Waals surface area contributed by atoms with Gasteiger partial charge in [0.15, 0.2) is 5.82 Å². The Bertz CT molecular complexity index is 1210. The lowest BCUT2D eigenvalue weighted by atomic mass is 10.1. The van der Waals surface area contributed by atoms with Crippen molar-refractivity contribution in [2.75, 3.05) is 45.8 Å². The van der Waals surface area contributed by atoms with E-state index in [0.29, 0.717) is 6.04 Å². The molecule has 8 heteroatoms. The number of likely N-dealkylation sites (N-methyl/N-ethyl adjacent to an activating group) is 1. The predicted octanol–water partition coefficient (Wildman–Crippen LogP) is 3.27. The van der Waals surface area contributed by atoms with Gasteiger partial charge in [-0.05, 0) is 51.4 Å². The van der Waals surface area contributed by atoms with Crippen LogP contribution in [0.5, 0.6) is 5.75 Å². The van der Waals surface area contributed by atoms with E-state index in [2.05, 4.69) is 64.2 Å². The molecule has 0 saturated carbocycles. The number of morpholine rings is 1. The zero-order valence-electron chi connectivity index (χ0n) is 18.3. The maximum absolute atomic E-state index is 6.03. The summed E-state index contributed by atoms with van der Waals surface area (Å²) in [6, 6.07) is 12.6. The van der Waals surface area contributed by atoms with E-state index in [4.69, 9.17) is 14.5 Å². The highest BCUT2D eigenvalue weighted by molar-refractivity contribution is 5.94. The highest BCUT2D eigenvalue weighted by Gasteiger charge is 2.27. The molecule has 0 radical (unpaired) electrons. The lowest BCUT2D eigenvalue weighted by Crippen LogP contribution is -2.51. The first-order valence-corrected chi connectivity index (χ1v) is 10.6. The Labute approximate surface area is 181 Å². The van der Waals surface area contributed by atoms with Crippen molar-refractivity contribution < 1.29 is 9.47 Å². The molecule has 0 aliphatic carbocycles. The first-order valence-electron chi connectivity index (χ1n) is 10.6. The molecule has 1 saturated heterocycles. The van der Waals surface area contributed by atoms with E-state index in [9.17, 15) is 0 Å². The molecule has 3 heterocycles. The summed E-state index contributed by atoms with van der Waals surface area (Å²) < 4.78 is 11.3. The number of aromatic nitrogens is 4. The molecule has 31 heavy (non-hydrogen) atoms. The summed E-state index contributed by atoms with van der Waals surface area (Å²) in [5, 5.41) is 8.58. The lowest BCUT2D eigenvalue weighted by Gasteiger charge is -2.40. The number of ether oxygens (including phenoxy) is 2. The number of nitrogens with zero attached hydrogens (tertiary/aromatic N) is 4. The van der Waals surface area contributed by atoms with Crippen LogP contribution in [-0.2, 0) is 4.74 Å².